The van der Waals surface area contributed by atoms with E-state index in [9.17, 15) is 13.2 Å². The minimum Gasteiger partial charge on any atom is -0.469 e. The lowest BCUT2D eigenvalue weighted by Gasteiger charge is -2.15. The third-order valence-electron chi connectivity index (χ3n) is 5.31. The van der Waals surface area contributed by atoms with E-state index in [0.29, 0.717) is 36.3 Å². The van der Waals surface area contributed by atoms with Crippen LogP contribution in [0.25, 0.3) is 11.4 Å². The van der Waals surface area contributed by atoms with Gasteiger partial charge in [-0.15, -0.1) is 10.2 Å². The van der Waals surface area contributed by atoms with Gasteiger partial charge < -0.3 is 14.3 Å². The van der Waals surface area contributed by atoms with Crippen LogP contribution in [-0.2, 0) is 21.4 Å². The monoisotopic (exact) mass is 475 g/mol. The molecule has 0 aliphatic carbocycles. The van der Waals surface area contributed by atoms with Gasteiger partial charge in [-0.05, 0) is 57.0 Å². The number of furan rings is 1. The highest BCUT2D eigenvalue weighted by Gasteiger charge is 2.27. The molecule has 0 bridgehead atoms. The van der Waals surface area contributed by atoms with Crippen LogP contribution in [0.4, 0.5) is 5.69 Å². The number of sulfonamides is 1. The number of rotatable bonds is 8. The van der Waals surface area contributed by atoms with E-state index in [4.69, 9.17) is 4.42 Å². The molecule has 2 aromatic heterocycles. The topological polar surface area (TPSA) is 110 Å². The first-order valence-electron chi connectivity index (χ1n) is 10.4. The van der Waals surface area contributed by atoms with E-state index < -0.39 is 10.0 Å². The lowest BCUT2D eigenvalue weighted by atomic mass is 10.2. The molecule has 4 rings (SSSR count). The van der Waals surface area contributed by atoms with Crippen molar-refractivity contribution in [3.8, 4) is 11.4 Å². The molecular weight excluding hydrogens is 450 g/mol. The van der Waals surface area contributed by atoms with Crippen LogP contribution in [0.5, 0.6) is 0 Å². The summed E-state index contributed by atoms with van der Waals surface area (Å²) >= 11 is 1.29. The van der Waals surface area contributed by atoms with Crippen molar-refractivity contribution in [1.82, 2.24) is 19.1 Å². The molecule has 0 atom stereocenters. The van der Waals surface area contributed by atoms with Gasteiger partial charge in [0.05, 0.1) is 22.5 Å². The summed E-state index contributed by atoms with van der Waals surface area (Å²) in [6.45, 7) is 5.63. The standard InChI is InChI=1S/C21H25N5O4S2/c1-3-26-20(18-10-13-30-15(18)2)23-24-21(26)31-14-19(27)22-16-6-8-17(9-7-16)32(28,29)25-11-4-5-12-25/h6-10,13H,3-5,11-12,14H2,1-2H3,(H,22,27). The van der Waals surface area contributed by atoms with Crippen molar-refractivity contribution in [1.29, 1.82) is 0 Å². The third kappa shape index (κ3) is 4.59. The van der Waals surface area contributed by atoms with Crippen LogP contribution < -0.4 is 5.32 Å². The Labute approximate surface area is 191 Å². The number of anilines is 1. The lowest BCUT2D eigenvalue weighted by molar-refractivity contribution is -0.113. The van der Waals surface area contributed by atoms with E-state index in [1.54, 1.807) is 18.4 Å². The molecule has 3 aromatic rings. The minimum atomic E-state index is -3.47. The third-order valence-corrected chi connectivity index (χ3v) is 8.19. The molecule has 170 valence electrons. The minimum absolute atomic E-state index is 0.149. The van der Waals surface area contributed by atoms with Crippen LogP contribution in [0.15, 0.2) is 51.1 Å². The van der Waals surface area contributed by atoms with Crippen LogP contribution in [0.1, 0.15) is 25.5 Å². The first kappa shape index (κ1) is 22.6. The Bertz CT molecular complexity index is 1200. The predicted octanol–water partition coefficient (Wildman–Crippen LogP) is 3.38. The second-order valence-corrected chi connectivity index (χ2v) is 10.3. The highest BCUT2D eigenvalue weighted by molar-refractivity contribution is 7.99. The molecule has 11 heteroatoms. The number of hydrogen-bond donors (Lipinski definition) is 1. The zero-order chi connectivity index (χ0) is 22.7. The fourth-order valence-corrected chi connectivity index (χ4v) is 5.93. The maximum Gasteiger partial charge on any atom is 0.243 e. The Morgan fingerprint density at radius 2 is 1.88 bits per heavy atom. The number of hydrogen-bond acceptors (Lipinski definition) is 7. The fourth-order valence-electron chi connectivity index (χ4n) is 3.61. The van der Waals surface area contributed by atoms with Crippen molar-refractivity contribution in [3.05, 3.63) is 42.4 Å². The number of thioether (sulfide) groups is 1. The van der Waals surface area contributed by atoms with Crippen LogP contribution >= 0.6 is 11.8 Å². The second kappa shape index (κ2) is 9.47. The number of aromatic nitrogens is 3. The highest BCUT2D eigenvalue weighted by atomic mass is 32.2. The Morgan fingerprint density at radius 3 is 2.50 bits per heavy atom. The molecule has 3 heterocycles. The summed E-state index contributed by atoms with van der Waals surface area (Å²) in [6, 6.07) is 8.13. The molecular formula is C21H25N5O4S2. The summed E-state index contributed by atoms with van der Waals surface area (Å²) < 4.78 is 34.0. The highest BCUT2D eigenvalue weighted by Crippen LogP contribution is 2.27. The molecule has 1 aliphatic rings. The largest absolute Gasteiger partial charge is 0.469 e. The molecule has 1 aromatic carbocycles. The van der Waals surface area contributed by atoms with Crippen molar-refractivity contribution >= 4 is 33.4 Å². The second-order valence-electron chi connectivity index (χ2n) is 7.41. The molecule has 1 amide bonds. The van der Waals surface area contributed by atoms with Crippen LogP contribution in [0.3, 0.4) is 0 Å². The number of benzene rings is 1. The van der Waals surface area contributed by atoms with Crippen molar-refractivity contribution in [3.63, 3.8) is 0 Å². The summed E-state index contributed by atoms with van der Waals surface area (Å²) in [4.78, 5) is 12.7. The molecule has 0 radical (unpaired) electrons. The van der Waals surface area contributed by atoms with Crippen LogP contribution in [0.2, 0.25) is 0 Å². The van der Waals surface area contributed by atoms with Crippen molar-refractivity contribution in [2.24, 2.45) is 0 Å². The molecule has 32 heavy (non-hydrogen) atoms. The SMILES string of the molecule is CCn1c(SCC(=O)Nc2ccc(S(=O)(=O)N3CCCC3)cc2)nnc1-c1ccoc1C. The Balaban J connectivity index is 1.37. The average Bonchev–Trinajstić information content (AvgIpc) is 3.53. The van der Waals surface area contributed by atoms with Crippen molar-refractivity contribution in [2.75, 3.05) is 24.2 Å². The van der Waals surface area contributed by atoms with Gasteiger partial charge in [-0.2, -0.15) is 4.31 Å². The van der Waals surface area contributed by atoms with Crippen LogP contribution in [-0.4, -0.2) is 52.2 Å². The van der Waals surface area contributed by atoms with Gasteiger partial charge in [0.1, 0.15) is 5.76 Å². The van der Waals surface area contributed by atoms with Gasteiger partial charge in [0.25, 0.3) is 0 Å². The fraction of sp³-hybridized carbons (Fsp3) is 0.381. The van der Waals surface area contributed by atoms with Crippen molar-refractivity contribution < 1.29 is 17.6 Å². The van der Waals surface area contributed by atoms with Gasteiger partial charge >= 0.3 is 0 Å². The van der Waals surface area contributed by atoms with Gasteiger partial charge in [0, 0.05) is 25.3 Å². The molecule has 1 saturated heterocycles. The number of carbonyl (C=O) groups excluding carboxylic acids is 1. The average molecular weight is 476 g/mol. The van der Waals surface area contributed by atoms with E-state index >= 15 is 0 Å². The Kier molecular flexibility index (Phi) is 6.68. The van der Waals surface area contributed by atoms with Crippen molar-refractivity contribution in [2.45, 2.75) is 43.3 Å². The lowest BCUT2D eigenvalue weighted by Crippen LogP contribution is -2.27. The van der Waals surface area contributed by atoms with Gasteiger partial charge in [0.15, 0.2) is 11.0 Å². The smallest absolute Gasteiger partial charge is 0.243 e. The number of nitrogens with one attached hydrogen (secondary N) is 1. The van der Waals surface area contributed by atoms with E-state index in [0.717, 1.165) is 24.2 Å². The zero-order valence-electron chi connectivity index (χ0n) is 17.9. The van der Waals surface area contributed by atoms with Crippen LogP contribution in [0, 0.1) is 6.92 Å². The summed E-state index contributed by atoms with van der Waals surface area (Å²) in [5, 5.41) is 11.9. The predicted molar refractivity (Wildman–Crippen MR) is 122 cm³/mol. The molecule has 9 nitrogen and oxygen atoms in total. The molecule has 0 spiro atoms. The van der Waals surface area contributed by atoms with E-state index in [2.05, 4.69) is 15.5 Å². The van der Waals surface area contributed by atoms with Gasteiger partial charge in [-0.25, -0.2) is 8.42 Å². The molecule has 1 aliphatic heterocycles. The van der Waals surface area contributed by atoms with E-state index in [1.807, 2.05) is 24.5 Å². The van der Waals surface area contributed by atoms with E-state index in [-0.39, 0.29) is 16.6 Å². The number of amides is 1. The molecule has 0 saturated carbocycles. The normalized spacial score (nSPS) is 14.7. The first-order valence-corrected chi connectivity index (χ1v) is 12.8. The van der Waals surface area contributed by atoms with Gasteiger partial charge in [-0.3, -0.25) is 4.79 Å². The Hall–Kier alpha value is -2.63. The quantitative estimate of drug-likeness (QED) is 0.497. The molecule has 1 N–H and O–H groups in total. The maximum absolute atomic E-state index is 12.6. The summed E-state index contributed by atoms with van der Waals surface area (Å²) in [5.74, 6) is 1.40. The maximum atomic E-state index is 12.6. The summed E-state index contributed by atoms with van der Waals surface area (Å²) in [7, 11) is -3.47. The zero-order valence-corrected chi connectivity index (χ0v) is 19.6. The number of aryl methyl sites for hydroxylation is 1. The first-order chi connectivity index (χ1) is 15.4. The van der Waals surface area contributed by atoms with E-state index in [1.165, 1.54) is 28.2 Å². The molecule has 0 unspecified atom stereocenters. The Morgan fingerprint density at radius 1 is 1.16 bits per heavy atom. The number of carbonyl (C=O) groups is 1. The summed E-state index contributed by atoms with van der Waals surface area (Å²) in [6.07, 6.45) is 3.39. The van der Waals surface area contributed by atoms with Gasteiger partial charge in [-0.1, -0.05) is 11.8 Å². The number of nitrogens with zero attached hydrogens (tertiary/aromatic N) is 4. The molecule has 1 fully saturated rings. The van der Waals surface area contributed by atoms with Gasteiger partial charge in [0.2, 0.25) is 15.9 Å². The summed E-state index contributed by atoms with van der Waals surface area (Å²) in [5.41, 5.74) is 1.42.